The van der Waals surface area contributed by atoms with Crippen LogP contribution in [0, 0.1) is 11.3 Å². The van der Waals surface area contributed by atoms with Crippen molar-refractivity contribution in [1.29, 1.82) is 5.26 Å². The topological polar surface area (TPSA) is 91.0 Å². The maximum absolute atomic E-state index is 12.2. The first-order valence-electron chi connectivity index (χ1n) is 8.65. The number of aryl methyl sites for hydroxylation is 1. The highest BCUT2D eigenvalue weighted by atomic mass is 32.2. The Kier molecular flexibility index (Phi) is 5.30. The summed E-state index contributed by atoms with van der Waals surface area (Å²) in [4.78, 5) is 6.30. The van der Waals surface area contributed by atoms with Gasteiger partial charge in [0.15, 0.2) is 0 Å². The molecule has 26 heavy (non-hydrogen) atoms. The molecule has 0 spiro atoms. The summed E-state index contributed by atoms with van der Waals surface area (Å²) in [7, 11) is -1.36. The summed E-state index contributed by atoms with van der Waals surface area (Å²) in [5.74, 6) is 0.121. The van der Waals surface area contributed by atoms with E-state index in [0.29, 0.717) is 31.5 Å². The van der Waals surface area contributed by atoms with Gasteiger partial charge in [0.1, 0.15) is 0 Å². The average molecular weight is 373 g/mol. The summed E-state index contributed by atoms with van der Waals surface area (Å²) < 4.78 is 29.2. The van der Waals surface area contributed by atoms with E-state index in [0.717, 1.165) is 16.9 Å². The standard InChI is InChI=1S/C18H23N5O2S/c1-3-6-26(24,25)21-16-8-15-7-14(9-19)4-5-18(15)23(11-16)12-17-10-20-13-22(17)2/h4-5,7,10,13,16,21H,3,6,8,11-12H2,1-2H3. The summed E-state index contributed by atoms with van der Waals surface area (Å²) >= 11 is 0. The van der Waals surface area contributed by atoms with E-state index in [2.05, 4.69) is 20.7 Å². The van der Waals surface area contributed by atoms with Crippen LogP contribution in [0.25, 0.3) is 0 Å². The molecule has 0 bridgehead atoms. The van der Waals surface area contributed by atoms with Crippen LogP contribution in [0.4, 0.5) is 5.69 Å². The van der Waals surface area contributed by atoms with Gasteiger partial charge >= 0.3 is 0 Å². The molecule has 1 atom stereocenters. The minimum Gasteiger partial charge on any atom is -0.364 e. The Morgan fingerprint density at radius 3 is 2.88 bits per heavy atom. The Hall–Kier alpha value is -2.37. The summed E-state index contributed by atoms with van der Waals surface area (Å²) in [6.45, 7) is 3.05. The molecule has 1 aromatic carbocycles. The SMILES string of the molecule is CCCS(=O)(=O)NC1Cc2cc(C#N)ccc2N(Cc2cncn2C)C1. The van der Waals surface area contributed by atoms with Crippen LogP contribution in [0.3, 0.4) is 0 Å². The number of nitrogens with zero attached hydrogens (tertiary/aromatic N) is 4. The van der Waals surface area contributed by atoms with Gasteiger partial charge < -0.3 is 9.47 Å². The zero-order valence-electron chi connectivity index (χ0n) is 15.0. The van der Waals surface area contributed by atoms with Crippen LogP contribution in [0.15, 0.2) is 30.7 Å². The van der Waals surface area contributed by atoms with Crippen molar-refractivity contribution in [3.63, 3.8) is 0 Å². The molecule has 2 aromatic rings. The lowest BCUT2D eigenvalue weighted by Crippen LogP contribution is -2.48. The van der Waals surface area contributed by atoms with E-state index in [9.17, 15) is 13.7 Å². The third-order valence-electron chi connectivity index (χ3n) is 4.54. The Balaban J connectivity index is 1.90. The normalized spacial score (nSPS) is 17.0. The van der Waals surface area contributed by atoms with E-state index in [-0.39, 0.29) is 11.8 Å². The lowest BCUT2D eigenvalue weighted by atomic mass is 9.96. The molecule has 8 heteroatoms. The Morgan fingerprint density at radius 1 is 1.42 bits per heavy atom. The van der Waals surface area contributed by atoms with Crippen LogP contribution in [0.2, 0.25) is 0 Å². The number of rotatable bonds is 6. The maximum atomic E-state index is 12.2. The number of fused-ring (bicyclic) bond motifs is 1. The van der Waals surface area contributed by atoms with Crippen molar-refractivity contribution in [2.45, 2.75) is 32.4 Å². The third kappa shape index (κ3) is 4.06. The average Bonchev–Trinajstić information content (AvgIpc) is 2.98. The summed E-state index contributed by atoms with van der Waals surface area (Å²) in [5.41, 5.74) is 3.65. The largest absolute Gasteiger partial charge is 0.364 e. The Bertz CT molecular complexity index is 929. The molecule has 0 fully saturated rings. The van der Waals surface area contributed by atoms with Crippen LogP contribution >= 0.6 is 0 Å². The second-order valence-corrected chi connectivity index (χ2v) is 8.54. The second kappa shape index (κ2) is 7.48. The van der Waals surface area contributed by atoms with Crippen LogP contribution in [-0.2, 0) is 30.0 Å². The summed E-state index contributed by atoms with van der Waals surface area (Å²) in [6.07, 6.45) is 4.72. The van der Waals surface area contributed by atoms with Crippen LogP contribution in [0.5, 0.6) is 0 Å². The van der Waals surface area contributed by atoms with Gasteiger partial charge in [0.2, 0.25) is 10.0 Å². The van der Waals surface area contributed by atoms with Gasteiger partial charge in [0.05, 0.1) is 36.0 Å². The molecule has 1 aliphatic heterocycles. The molecular formula is C18H23N5O2S. The molecular weight excluding hydrogens is 350 g/mol. The van der Waals surface area contributed by atoms with Crippen molar-refractivity contribution < 1.29 is 8.42 Å². The Labute approximate surface area is 154 Å². The predicted octanol–water partition coefficient (Wildman–Crippen LogP) is 1.55. The van der Waals surface area contributed by atoms with Crippen molar-refractivity contribution in [2.24, 2.45) is 7.05 Å². The lowest BCUT2D eigenvalue weighted by molar-refractivity contribution is 0.521. The van der Waals surface area contributed by atoms with Gasteiger partial charge in [0, 0.05) is 31.5 Å². The molecule has 1 aromatic heterocycles. The molecule has 3 rings (SSSR count). The molecule has 7 nitrogen and oxygen atoms in total. The van der Waals surface area contributed by atoms with Crippen molar-refractivity contribution in [1.82, 2.24) is 14.3 Å². The zero-order valence-corrected chi connectivity index (χ0v) is 15.8. The van der Waals surface area contributed by atoms with E-state index in [1.807, 2.05) is 36.9 Å². The van der Waals surface area contributed by atoms with Crippen molar-refractivity contribution in [3.8, 4) is 6.07 Å². The number of hydrogen-bond acceptors (Lipinski definition) is 5. The quantitative estimate of drug-likeness (QED) is 0.830. The first-order chi connectivity index (χ1) is 12.4. The monoisotopic (exact) mass is 373 g/mol. The molecule has 2 heterocycles. The third-order valence-corrected chi connectivity index (χ3v) is 6.18. The highest BCUT2D eigenvalue weighted by Crippen LogP contribution is 2.29. The van der Waals surface area contributed by atoms with Gasteiger partial charge in [-0.15, -0.1) is 0 Å². The van der Waals surface area contributed by atoms with E-state index in [4.69, 9.17) is 0 Å². The highest BCUT2D eigenvalue weighted by molar-refractivity contribution is 7.89. The first-order valence-corrected chi connectivity index (χ1v) is 10.3. The fraction of sp³-hybridized carbons (Fsp3) is 0.444. The van der Waals surface area contributed by atoms with Gasteiger partial charge in [-0.2, -0.15) is 5.26 Å². The van der Waals surface area contributed by atoms with E-state index in [1.165, 1.54) is 0 Å². The van der Waals surface area contributed by atoms with Gasteiger partial charge in [-0.1, -0.05) is 6.92 Å². The van der Waals surface area contributed by atoms with Crippen molar-refractivity contribution >= 4 is 15.7 Å². The fourth-order valence-electron chi connectivity index (χ4n) is 3.36. The van der Waals surface area contributed by atoms with Gasteiger partial charge in [-0.25, -0.2) is 18.1 Å². The minimum atomic E-state index is -3.30. The summed E-state index contributed by atoms with van der Waals surface area (Å²) in [5, 5.41) is 9.18. The van der Waals surface area contributed by atoms with E-state index >= 15 is 0 Å². The number of aromatic nitrogens is 2. The van der Waals surface area contributed by atoms with Crippen LogP contribution in [-0.4, -0.2) is 36.3 Å². The molecule has 0 amide bonds. The number of nitrogens with one attached hydrogen (secondary N) is 1. The highest BCUT2D eigenvalue weighted by Gasteiger charge is 2.28. The smallest absolute Gasteiger partial charge is 0.211 e. The molecule has 0 saturated carbocycles. The van der Waals surface area contributed by atoms with Gasteiger partial charge in [-0.05, 0) is 36.6 Å². The number of benzene rings is 1. The molecule has 1 unspecified atom stereocenters. The lowest BCUT2D eigenvalue weighted by Gasteiger charge is -2.36. The number of anilines is 1. The minimum absolute atomic E-state index is 0.121. The molecule has 0 radical (unpaired) electrons. The summed E-state index contributed by atoms with van der Waals surface area (Å²) in [6, 6.07) is 7.54. The van der Waals surface area contributed by atoms with Gasteiger partial charge in [0.25, 0.3) is 0 Å². The second-order valence-electron chi connectivity index (χ2n) is 6.67. The number of hydrogen-bond donors (Lipinski definition) is 1. The first kappa shape index (κ1) is 18.4. The molecule has 1 N–H and O–H groups in total. The van der Waals surface area contributed by atoms with Crippen molar-refractivity contribution in [3.05, 3.63) is 47.5 Å². The Morgan fingerprint density at radius 2 is 2.23 bits per heavy atom. The number of imidazole rings is 1. The van der Waals surface area contributed by atoms with Crippen LogP contribution < -0.4 is 9.62 Å². The molecule has 1 aliphatic rings. The maximum Gasteiger partial charge on any atom is 0.211 e. The molecule has 138 valence electrons. The zero-order chi connectivity index (χ0) is 18.7. The van der Waals surface area contributed by atoms with E-state index in [1.54, 1.807) is 12.4 Å². The van der Waals surface area contributed by atoms with Crippen LogP contribution in [0.1, 0.15) is 30.2 Å². The van der Waals surface area contributed by atoms with Gasteiger partial charge in [-0.3, -0.25) is 0 Å². The fourth-order valence-corrected chi connectivity index (χ4v) is 4.69. The predicted molar refractivity (Wildman–Crippen MR) is 100 cm³/mol. The van der Waals surface area contributed by atoms with E-state index < -0.39 is 10.0 Å². The molecule has 0 aliphatic carbocycles. The number of nitriles is 1. The number of sulfonamides is 1. The van der Waals surface area contributed by atoms with Crippen molar-refractivity contribution in [2.75, 3.05) is 17.2 Å². The molecule has 0 saturated heterocycles.